The number of benzene rings is 1. The summed E-state index contributed by atoms with van der Waals surface area (Å²) in [6.45, 7) is 3.67. The molecule has 1 aromatic heterocycles. The number of nitrogens with one attached hydrogen (secondary N) is 1. The van der Waals surface area contributed by atoms with Crippen molar-refractivity contribution in [3.8, 4) is 5.75 Å². The molecule has 0 saturated carbocycles. The van der Waals surface area contributed by atoms with E-state index in [-0.39, 0.29) is 0 Å². The average Bonchev–Trinajstić information content (AvgIpc) is 2.87. The summed E-state index contributed by atoms with van der Waals surface area (Å²) in [6.07, 6.45) is 2.91. The van der Waals surface area contributed by atoms with Gasteiger partial charge in [-0.15, -0.1) is 11.3 Å². The first-order valence-electron chi connectivity index (χ1n) is 5.72. The Hall–Kier alpha value is -1.55. The Morgan fingerprint density at radius 1 is 1.41 bits per heavy atom. The van der Waals surface area contributed by atoms with E-state index in [4.69, 9.17) is 4.74 Å². The van der Waals surface area contributed by atoms with Crippen molar-refractivity contribution < 1.29 is 4.74 Å². The highest BCUT2D eigenvalue weighted by molar-refractivity contribution is 7.09. The molecule has 1 heterocycles. The molecule has 0 spiro atoms. The molecule has 0 aliphatic rings. The summed E-state index contributed by atoms with van der Waals surface area (Å²) < 4.78 is 5.58. The van der Waals surface area contributed by atoms with E-state index in [2.05, 4.69) is 17.2 Å². The molecule has 0 fully saturated rings. The van der Waals surface area contributed by atoms with Gasteiger partial charge in [0.05, 0.1) is 18.7 Å². The van der Waals surface area contributed by atoms with Crippen LogP contribution < -0.4 is 10.1 Å². The Morgan fingerprint density at radius 3 is 3.12 bits per heavy atom. The number of rotatable bonds is 6. The van der Waals surface area contributed by atoms with Crippen LogP contribution in [0.4, 0.5) is 5.69 Å². The molecule has 0 saturated heterocycles. The molecule has 17 heavy (non-hydrogen) atoms. The zero-order valence-corrected chi connectivity index (χ0v) is 10.7. The van der Waals surface area contributed by atoms with Gasteiger partial charge >= 0.3 is 0 Å². The van der Waals surface area contributed by atoms with Gasteiger partial charge in [0.15, 0.2) is 0 Å². The van der Waals surface area contributed by atoms with Crippen LogP contribution in [0.1, 0.15) is 18.2 Å². The van der Waals surface area contributed by atoms with Crippen LogP contribution in [0.2, 0.25) is 0 Å². The van der Waals surface area contributed by atoms with Crippen molar-refractivity contribution >= 4 is 17.0 Å². The highest BCUT2D eigenvalue weighted by Gasteiger charge is 1.98. The van der Waals surface area contributed by atoms with Crippen molar-refractivity contribution in [3.63, 3.8) is 0 Å². The quantitative estimate of drug-likeness (QED) is 0.849. The third-order valence-corrected chi connectivity index (χ3v) is 3.04. The van der Waals surface area contributed by atoms with Crippen LogP contribution in [-0.2, 0) is 6.54 Å². The van der Waals surface area contributed by atoms with E-state index in [9.17, 15) is 0 Å². The molecule has 0 aliphatic heterocycles. The van der Waals surface area contributed by atoms with E-state index in [0.717, 1.165) is 31.0 Å². The van der Waals surface area contributed by atoms with Crippen LogP contribution in [0.15, 0.2) is 36.0 Å². The number of anilines is 1. The summed E-state index contributed by atoms with van der Waals surface area (Å²) in [6, 6.07) is 8.05. The van der Waals surface area contributed by atoms with E-state index in [1.165, 1.54) is 4.88 Å². The SMILES string of the molecule is CCCOc1cccc(NCc2cncs2)c1. The third kappa shape index (κ3) is 3.75. The topological polar surface area (TPSA) is 34.1 Å². The second kappa shape index (κ2) is 6.25. The molecule has 0 radical (unpaired) electrons. The van der Waals surface area contributed by atoms with Gasteiger partial charge in [0.2, 0.25) is 0 Å². The van der Waals surface area contributed by atoms with Crippen molar-refractivity contribution in [2.45, 2.75) is 19.9 Å². The fourth-order valence-electron chi connectivity index (χ4n) is 1.43. The predicted octanol–water partition coefficient (Wildman–Crippen LogP) is 3.54. The zero-order chi connectivity index (χ0) is 11.9. The van der Waals surface area contributed by atoms with Crippen LogP contribution >= 0.6 is 11.3 Å². The minimum Gasteiger partial charge on any atom is -0.494 e. The molecular formula is C13H16N2OS. The van der Waals surface area contributed by atoms with Crippen LogP contribution in [0.5, 0.6) is 5.75 Å². The first kappa shape index (κ1) is 11.9. The smallest absolute Gasteiger partial charge is 0.121 e. The molecule has 2 rings (SSSR count). The summed E-state index contributed by atoms with van der Waals surface area (Å²) in [5.74, 6) is 0.918. The lowest BCUT2D eigenvalue weighted by atomic mass is 10.3. The van der Waals surface area contributed by atoms with Gasteiger partial charge in [-0.05, 0) is 18.6 Å². The Kier molecular flexibility index (Phi) is 4.38. The Bertz CT molecular complexity index is 442. The fraction of sp³-hybridized carbons (Fsp3) is 0.308. The Morgan fingerprint density at radius 2 is 2.35 bits per heavy atom. The second-order valence-electron chi connectivity index (χ2n) is 3.70. The highest BCUT2D eigenvalue weighted by Crippen LogP contribution is 2.18. The van der Waals surface area contributed by atoms with Gasteiger partial charge in [-0.25, -0.2) is 0 Å². The number of aromatic nitrogens is 1. The van der Waals surface area contributed by atoms with Crippen LogP contribution in [-0.4, -0.2) is 11.6 Å². The van der Waals surface area contributed by atoms with Gasteiger partial charge in [0.25, 0.3) is 0 Å². The van der Waals surface area contributed by atoms with Gasteiger partial charge in [0, 0.05) is 22.8 Å². The molecule has 0 unspecified atom stereocenters. The molecule has 0 aliphatic carbocycles. The molecule has 1 aromatic carbocycles. The average molecular weight is 248 g/mol. The third-order valence-electron chi connectivity index (χ3n) is 2.26. The van der Waals surface area contributed by atoms with E-state index in [1.807, 2.05) is 36.0 Å². The van der Waals surface area contributed by atoms with E-state index < -0.39 is 0 Å². The number of nitrogens with zero attached hydrogens (tertiary/aromatic N) is 1. The lowest BCUT2D eigenvalue weighted by Crippen LogP contribution is -1.99. The molecule has 2 aromatic rings. The van der Waals surface area contributed by atoms with Crippen molar-refractivity contribution in [2.24, 2.45) is 0 Å². The molecule has 0 bridgehead atoms. The monoisotopic (exact) mass is 248 g/mol. The number of hydrogen-bond acceptors (Lipinski definition) is 4. The maximum atomic E-state index is 5.58. The van der Waals surface area contributed by atoms with Gasteiger partial charge in [-0.2, -0.15) is 0 Å². The highest BCUT2D eigenvalue weighted by atomic mass is 32.1. The number of thiazole rings is 1. The molecule has 0 atom stereocenters. The predicted molar refractivity (Wildman–Crippen MR) is 71.7 cm³/mol. The normalized spacial score (nSPS) is 10.2. The molecule has 1 N–H and O–H groups in total. The van der Waals surface area contributed by atoms with Crippen molar-refractivity contribution in [2.75, 3.05) is 11.9 Å². The van der Waals surface area contributed by atoms with Crippen molar-refractivity contribution in [1.29, 1.82) is 0 Å². The Balaban J connectivity index is 1.91. The van der Waals surface area contributed by atoms with E-state index in [0.29, 0.717) is 0 Å². The maximum absolute atomic E-state index is 5.58. The lowest BCUT2D eigenvalue weighted by molar-refractivity contribution is 0.317. The molecule has 3 nitrogen and oxygen atoms in total. The van der Waals surface area contributed by atoms with Gasteiger partial charge in [-0.3, -0.25) is 4.98 Å². The first-order chi connectivity index (χ1) is 8.38. The summed E-state index contributed by atoms with van der Waals surface area (Å²) in [5, 5.41) is 3.35. The summed E-state index contributed by atoms with van der Waals surface area (Å²) >= 11 is 1.66. The number of hydrogen-bond donors (Lipinski definition) is 1. The maximum Gasteiger partial charge on any atom is 0.121 e. The number of ether oxygens (including phenoxy) is 1. The molecule has 90 valence electrons. The molecular weight excluding hydrogens is 232 g/mol. The standard InChI is InChI=1S/C13H16N2OS/c1-2-6-16-12-5-3-4-11(7-12)15-9-13-8-14-10-17-13/h3-5,7-8,10,15H,2,6,9H2,1H3. The second-order valence-corrected chi connectivity index (χ2v) is 4.67. The first-order valence-corrected chi connectivity index (χ1v) is 6.60. The van der Waals surface area contributed by atoms with E-state index >= 15 is 0 Å². The van der Waals surface area contributed by atoms with Crippen molar-refractivity contribution in [1.82, 2.24) is 4.98 Å². The van der Waals surface area contributed by atoms with Gasteiger partial charge in [0.1, 0.15) is 5.75 Å². The van der Waals surface area contributed by atoms with E-state index in [1.54, 1.807) is 11.3 Å². The van der Waals surface area contributed by atoms with Crippen LogP contribution in [0.25, 0.3) is 0 Å². The van der Waals surface area contributed by atoms with Crippen LogP contribution in [0, 0.1) is 0 Å². The molecule has 0 amide bonds. The fourth-order valence-corrected chi connectivity index (χ4v) is 1.97. The minimum absolute atomic E-state index is 0.762. The van der Waals surface area contributed by atoms with Gasteiger partial charge < -0.3 is 10.1 Å². The van der Waals surface area contributed by atoms with Crippen LogP contribution in [0.3, 0.4) is 0 Å². The minimum atomic E-state index is 0.762. The summed E-state index contributed by atoms with van der Waals surface area (Å²) in [7, 11) is 0. The summed E-state index contributed by atoms with van der Waals surface area (Å²) in [5.41, 5.74) is 2.92. The Labute approximate surface area is 105 Å². The largest absolute Gasteiger partial charge is 0.494 e. The molecule has 4 heteroatoms. The van der Waals surface area contributed by atoms with Gasteiger partial charge in [-0.1, -0.05) is 13.0 Å². The lowest BCUT2D eigenvalue weighted by Gasteiger charge is -2.08. The summed E-state index contributed by atoms with van der Waals surface area (Å²) in [4.78, 5) is 5.27. The zero-order valence-electron chi connectivity index (χ0n) is 9.85. The van der Waals surface area contributed by atoms with Crippen molar-refractivity contribution in [3.05, 3.63) is 40.8 Å².